The fraction of sp³-hybridized carbons (Fsp3) is 0.381. The van der Waals surface area contributed by atoms with E-state index in [2.05, 4.69) is 80.9 Å². The third kappa shape index (κ3) is 3.65. The van der Waals surface area contributed by atoms with E-state index in [0.717, 1.165) is 40.8 Å². The van der Waals surface area contributed by atoms with E-state index in [1.807, 2.05) is 7.05 Å². The second-order valence-electron chi connectivity index (χ2n) is 8.54. The van der Waals surface area contributed by atoms with Crippen molar-refractivity contribution in [3.05, 3.63) is 36.2 Å². The first-order valence-corrected chi connectivity index (χ1v) is 13.6. The first-order chi connectivity index (χ1) is 13.9. The molecule has 2 N–H and O–H groups in total. The van der Waals surface area contributed by atoms with Gasteiger partial charge >= 0.3 is 0 Å². The highest BCUT2D eigenvalue weighted by Gasteiger charge is 2.22. The van der Waals surface area contributed by atoms with Gasteiger partial charge in [0.2, 0.25) is 0 Å². The smallest absolute Gasteiger partial charge is 0.186 e. The van der Waals surface area contributed by atoms with Crippen LogP contribution in [0.5, 0.6) is 0 Å². The van der Waals surface area contributed by atoms with E-state index in [-0.39, 0.29) is 0 Å². The normalized spacial score (nSPS) is 12.2. The molecule has 0 radical (unpaired) electrons. The first kappa shape index (κ1) is 19.6. The fourth-order valence-corrected chi connectivity index (χ4v) is 4.44. The molecule has 3 aromatic heterocycles. The van der Waals surface area contributed by atoms with Crippen LogP contribution in [0.2, 0.25) is 25.7 Å². The Labute approximate surface area is 171 Å². The lowest BCUT2D eigenvalue weighted by molar-refractivity contribution is 0.0912. The maximum absolute atomic E-state index is 6.14. The van der Waals surface area contributed by atoms with E-state index in [9.17, 15) is 0 Å². The Kier molecular flexibility index (Phi) is 5.14. The van der Waals surface area contributed by atoms with Crippen molar-refractivity contribution in [1.29, 1.82) is 0 Å². The molecule has 7 nitrogen and oxygen atoms in total. The van der Waals surface area contributed by atoms with Gasteiger partial charge < -0.3 is 14.6 Å². The van der Waals surface area contributed by atoms with E-state index in [4.69, 9.17) is 4.74 Å². The molecule has 3 heterocycles. The number of nitrogens with one attached hydrogen (secondary N) is 2. The zero-order chi connectivity index (χ0) is 20.6. The number of rotatable bonds is 7. The highest BCUT2D eigenvalue weighted by molar-refractivity contribution is 6.76. The van der Waals surface area contributed by atoms with Gasteiger partial charge in [-0.1, -0.05) is 37.8 Å². The predicted molar refractivity (Wildman–Crippen MR) is 121 cm³/mol. The summed E-state index contributed by atoms with van der Waals surface area (Å²) < 4.78 is 8.37. The summed E-state index contributed by atoms with van der Waals surface area (Å²) in [5.41, 5.74) is 4.96. The van der Waals surface area contributed by atoms with Gasteiger partial charge in [0.15, 0.2) is 5.65 Å². The number of aryl methyl sites for hydroxylation is 1. The Bertz CT molecular complexity index is 1160. The molecule has 0 bridgehead atoms. The van der Waals surface area contributed by atoms with Crippen LogP contribution in [0.3, 0.4) is 0 Å². The van der Waals surface area contributed by atoms with Crippen molar-refractivity contribution in [2.45, 2.75) is 39.3 Å². The number of H-pyrrole nitrogens is 1. The van der Waals surface area contributed by atoms with Gasteiger partial charge in [-0.3, -0.25) is 5.10 Å². The number of para-hydroxylation sites is 1. The lowest BCUT2D eigenvalue weighted by atomic mass is 10.1. The lowest BCUT2D eigenvalue weighted by Gasteiger charge is -2.17. The standard InChI is InChI=1S/C21H28N6OSi/c1-14-15-8-6-7-9-16(15)27(13-28-10-11-29(3,4)5)19(14)18-17-20(22-2)23-12-24-21(17)26-25-18/h6-9,12H,10-11,13H2,1-5H3,(H2,22,23,24,25,26). The van der Waals surface area contributed by atoms with Crippen molar-refractivity contribution in [3.63, 3.8) is 0 Å². The van der Waals surface area contributed by atoms with Gasteiger partial charge in [-0.25, -0.2) is 9.97 Å². The van der Waals surface area contributed by atoms with Crippen molar-refractivity contribution < 1.29 is 4.74 Å². The van der Waals surface area contributed by atoms with E-state index >= 15 is 0 Å². The molecule has 4 aromatic rings. The number of hydrogen-bond acceptors (Lipinski definition) is 5. The third-order valence-corrected chi connectivity index (χ3v) is 6.97. The van der Waals surface area contributed by atoms with Crippen LogP contribution in [0.15, 0.2) is 30.6 Å². The number of aromatic amines is 1. The largest absolute Gasteiger partial charge is 0.372 e. The molecule has 4 rings (SSSR count). The summed E-state index contributed by atoms with van der Waals surface area (Å²) in [5.74, 6) is 0.759. The van der Waals surface area contributed by atoms with Gasteiger partial charge in [0.1, 0.15) is 18.9 Å². The minimum Gasteiger partial charge on any atom is -0.372 e. The van der Waals surface area contributed by atoms with Crippen molar-refractivity contribution in [1.82, 2.24) is 24.7 Å². The maximum atomic E-state index is 6.14. The summed E-state index contributed by atoms with van der Waals surface area (Å²) in [5, 5.41) is 12.9. The number of nitrogens with zero attached hydrogens (tertiary/aromatic N) is 4. The number of fused-ring (bicyclic) bond motifs is 2. The second kappa shape index (κ2) is 7.60. The molecule has 152 valence electrons. The Morgan fingerprint density at radius 3 is 2.72 bits per heavy atom. The van der Waals surface area contributed by atoms with Gasteiger partial charge in [0, 0.05) is 27.1 Å². The van der Waals surface area contributed by atoms with Crippen molar-refractivity contribution in [3.8, 4) is 11.4 Å². The summed E-state index contributed by atoms with van der Waals surface area (Å²) in [4.78, 5) is 8.70. The average molecular weight is 409 g/mol. The van der Waals surface area contributed by atoms with Crippen LogP contribution in [-0.4, -0.2) is 46.5 Å². The molecule has 0 aliphatic carbocycles. The van der Waals surface area contributed by atoms with Crippen LogP contribution < -0.4 is 5.32 Å². The van der Waals surface area contributed by atoms with Crippen LogP contribution in [-0.2, 0) is 11.5 Å². The number of ether oxygens (including phenoxy) is 1. The molecule has 0 unspecified atom stereocenters. The molecule has 0 fully saturated rings. The molecule has 0 spiro atoms. The van der Waals surface area contributed by atoms with Crippen LogP contribution in [0.4, 0.5) is 5.82 Å². The molecule has 0 saturated carbocycles. The summed E-state index contributed by atoms with van der Waals surface area (Å²) in [6, 6.07) is 9.58. The van der Waals surface area contributed by atoms with Crippen LogP contribution in [0.1, 0.15) is 5.56 Å². The molecule has 0 atom stereocenters. The second-order valence-corrected chi connectivity index (χ2v) is 14.2. The topological polar surface area (TPSA) is 80.7 Å². The zero-order valence-electron chi connectivity index (χ0n) is 17.7. The van der Waals surface area contributed by atoms with Gasteiger partial charge in [0.25, 0.3) is 0 Å². The molecule has 1 aromatic carbocycles. The highest BCUT2D eigenvalue weighted by Crippen LogP contribution is 2.37. The van der Waals surface area contributed by atoms with Gasteiger partial charge in [0.05, 0.1) is 22.3 Å². The third-order valence-electron chi connectivity index (χ3n) is 5.27. The van der Waals surface area contributed by atoms with Gasteiger partial charge in [-0.05, 0) is 24.6 Å². The SMILES string of the molecule is CNc1ncnc2n[nH]c(-c3c(C)c4ccccc4n3COCC[Si](C)(C)C)c12. The highest BCUT2D eigenvalue weighted by atomic mass is 28.3. The van der Waals surface area contributed by atoms with Crippen molar-refractivity contribution in [2.75, 3.05) is 19.0 Å². The average Bonchev–Trinajstić information content (AvgIpc) is 3.24. The zero-order valence-corrected chi connectivity index (χ0v) is 18.7. The Morgan fingerprint density at radius 1 is 1.17 bits per heavy atom. The van der Waals surface area contributed by atoms with Crippen LogP contribution in [0.25, 0.3) is 33.3 Å². The van der Waals surface area contributed by atoms with Crippen molar-refractivity contribution in [2.24, 2.45) is 0 Å². The van der Waals surface area contributed by atoms with Gasteiger partial charge in [-0.2, -0.15) is 5.10 Å². The Balaban J connectivity index is 1.83. The molecular weight excluding hydrogens is 380 g/mol. The number of anilines is 1. The van der Waals surface area contributed by atoms with E-state index in [1.54, 1.807) is 0 Å². The molecule has 0 saturated heterocycles. The quantitative estimate of drug-likeness (QED) is 0.344. The monoisotopic (exact) mass is 408 g/mol. The number of aromatic nitrogens is 5. The van der Waals surface area contributed by atoms with E-state index < -0.39 is 8.07 Å². The molecule has 8 heteroatoms. The fourth-order valence-electron chi connectivity index (χ4n) is 3.68. The van der Waals surface area contributed by atoms with Gasteiger partial charge in [-0.15, -0.1) is 0 Å². The molecule has 29 heavy (non-hydrogen) atoms. The van der Waals surface area contributed by atoms with E-state index in [0.29, 0.717) is 12.4 Å². The van der Waals surface area contributed by atoms with Crippen LogP contribution in [0, 0.1) is 6.92 Å². The first-order valence-electron chi connectivity index (χ1n) is 9.93. The summed E-state index contributed by atoms with van der Waals surface area (Å²) in [6.45, 7) is 10.5. The minimum atomic E-state index is -1.13. The molecule has 0 aliphatic heterocycles. The summed E-state index contributed by atoms with van der Waals surface area (Å²) in [6.07, 6.45) is 1.53. The summed E-state index contributed by atoms with van der Waals surface area (Å²) >= 11 is 0. The summed E-state index contributed by atoms with van der Waals surface area (Å²) in [7, 11) is 0.727. The molecular formula is C21H28N6OSi. The Hall–Kier alpha value is -2.71. The predicted octanol–water partition coefficient (Wildman–Crippen LogP) is 4.64. The Morgan fingerprint density at radius 2 is 1.97 bits per heavy atom. The minimum absolute atomic E-state index is 0.497. The maximum Gasteiger partial charge on any atom is 0.186 e. The molecule has 0 aliphatic rings. The number of hydrogen-bond donors (Lipinski definition) is 2. The van der Waals surface area contributed by atoms with Crippen molar-refractivity contribution >= 4 is 35.8 Å². The molecule has 0 amide bonds. The lowest BCUT2D eigenvalue weighted by Crippen LogP contribution is -2.22. The van der Waals surface area contributed by atoms with Crippen LogP contribution >= 0.6 is 0 Å². The van der Waals surface area contributed by atoms with E-state index in [1.165, 1.54) is 17.3 Å². The number of benzene rings is 1.